The van der Waals surface area contributed by atoms with Gasteiger partial charge >= 0.3 is 0 Å². The summed E-state index contributed by atoms with van der Waals surface area (Å²) in [6.07, 6.45) is 0. The van der Waals surface area contributed by atoms with E-state index < -0.39 is 16.7 Å². The Morgan fingerprint density at radius 2 is 2.33 bits per heavy atom. The van der Waals surface area contributed by atoms with Gasteiger partial charge in [0.25, 0.3) is 0 Å². The maximum Gasteiger partial charge on any atom is 0.183 e. The largest absolute Gasteiger partial charge is 0.276 e. The monoisotopic (exact) mass is 210 g/mol. The van der Waals surface area contributed by atoms with Gasteiger partial charge in [0.2, 0.25) is 0 Å². The second-order valence-electron chi connectivity index (χ2n) is 2.32. The quantitative estimate of drug-likeness (QED) is 0.609. The molecule has 0 saturated carbocycles. The van der Waals surface area contributed by atoms with Crippen molar-refractivity contribution in [1.29, 1.82) is 0 Å². The van der Waals surface area contributed by atoms with E-state index in [2.05, 4.69) is 15.9 Å². The lowest BCUT2D eigenvalue weighted by molar-refractivity contribution is 0.194. The lowest BCUT2D eigenvalue weighted by Crippen LogP contribution is -2.19. The molecule has 0 fully saturated rings. The highest BCUT2D eigenvalue weighted by Crippen LogP contribution is 2.33. The van der Waals surface area contributed by atoms with Crippen molar-refractivity contribution in [3.8, 4) is 0 Å². The number of rotatable bonds is 0. The molecule has 1 unspecified atom stereocenters. The third kappa shape index (κ3) is 1.42. The molecule has 1 atom stereocenters. The summed E-state index contributed by atoms with van der Waals surface area (Å²) in [7, 11) is 0. The normalized spacial score (nSPS) is 32.3. The first-order chi connectivity index (χ1) is 4.02. The van der Waals surface area contributed by atoms with E-state index in [1.807, 2.05) is 13.8 Å². The molecular weight excluding hydrogens is 204 g/mol. The standard InChI is InChI=1S/C5H7BrO2S/c1-5(2)4(6)3-9(7)8-5/h3H,1-2H3. The molecule has 0 aromatic carbocycles. The molecule has 0 spiro atoms. The topological polar surface area (TPSA) is 26.3 Å². The Hall–Kier alpha value is 0.330. The van der Waals surface area contributed by atoms with Crippen LogP contribution < -0.4 is 0 Å². The van der Waals surface area contributed by atoms with Gasteiger partial charge in [-0.2, -0.15) is 0 Å². The van der Waals surface area contributed by atoms with Crippen molar-refractivity contribution in [1.82, 2.24) is 0 Å². The van der Waals surface area contributed by atoms with Crippen LogP contribution in [0, 0.1) is 0 Å². The van der Waals surface area contributed by atoms with Crippen molar-refractivity contribution >= 4 is 27.0 Å². The van der Waals surface area contributed by atoms with Crippen LogP contribution >= 0.6 is 15.9 Å². The summed E-state index contributed by atoms with van der Waals surface area (Å²) >= 11 is 2.01. The Kier molecular flexibility index (Phi) is 1.80. The van der Waals surface area contributed by atoms with Crippen molar-refractivity contribution in [2.24, 2.45) is 0 Å². The predicted molar refractivity (Wildman–Crippen MR) is 40.3 cm³/mol. The summed E-state index contributed by atoms with van der Waals surface area (Å²) in [5, 5.41) is 1.56. The zero-order valence-electron chi connectivity index (χ0n) is 5.18. The summed E-state index contributed by atoms with van der Waals surface area (Å²) in [6, 6.07) is 0. The molecule has 1 aliphatic heterocycles. The van der Waals surface area contributed by atoms with Crippen LogP contribution in [-0.2, 0) is 15.3 Å². The summed E-state index contributed by atoms with van der Waals surface area (Å²) in [4.78, 5) is 0. The van der Waals surface area contributed by atoms with Crippen LogP contribution in [0.1, 0.15) is 13.8 Å². The fourth-order valence-electron chi connectivity index (χ4n) is 0.496. The van der Waals surface area contributed by atoms with E-state index in [-0.39, 0.29) is 0 Å². The first-order valence-electron chi connectivity index (χ1n) is 2.50. The van der Waals surface area contributed by atoms with Gasteiger partial charge in [-0.15, -0.1) is 0 Å². The van der Waals surface area contributed by atoms with Crippen molar-refractivity contribution in [2.45, 2.75) is 19.4 Å². The van der Waals surface area contributed by atoms with E-state index in [9.17, 15) is 4.21 Å². The molecule has 2 nitrogen and oxygen atoms in total. The minimum atomic E-state index is -1.23. The Labute approximate surface area is 65.1 Å². The molecule has 1 rings (SSSR count). The Balaban J connectivity index is 2.89. The molecular formula is C5H7BrO2S. The minimum absolute atomic E-state index is 0.398. The maximum atomic E-state index is 10.7. The molecule has 0 aliphatic carbocycles. The van der Waals surface area contributed by atoms with Gasteiger partial charge in [0.1, 0.15) is 5.60 Å². The molecule has 0 aromatic heterocycles. The fourth-order valence-corrected chi connectivity index (χ4v) is 2.14. The SMILES string of the molecule is CC1(C)OS(=O)C=C1Br. The van der Waals surface area contributed by atoms with Crippen molar-refractivity contribution in [3.05, 3.63) is 9.89 Å². The van der Waals surface area contributed by atoms with Crippen LogP contribution in [0.5, 0.6) is 0 Å². The molecule has 0 aromatic rings. The van der Waals surface area contributed by atoms with Crippen molar-refractivity contribution in [3.63, 3.8) is 0 Å². The van der Waals surface area contributed by atoms with Gasteiger partial charge in [0, 0.05) is 9.89 Å². The molecule has 0 radical (unpaired) electrons. The lowest BCUT2D eigenvalue weighted by atomic mass is 10.1. The van der Waals surface area contributed by atoms with Crippen molar-refractivity contribution in [2.75, 3.05) is 0 Å². The first-order valence-corrected chi connectivity index (χ1v) is 4.43. The Morgan fingerprint density at radius 1 is 1.78 bits per heavy atom. The van der Waals surface area contributed by atoms with Gasteiger partial charge in [-0.1, -0.05) is 15.9 Å². The highest BCUT2D eigenvalue weighted by Gasteiger charge is 2.31. The molecule has 0 amide bonds. The second-order valence-corrected chi connectivity index (χ2v) is 4.10. The molecule has 52 valence electrons. The Bertz CT molecular complexity index is 185. The first kappa shape index (κ1) is 7.44. The summed E-state index contributed by atoms with van der Waals surface area (Å²) in [5.41, 5.74) is -0.398. The van der Waals surface area contributed by atoms with Gasteiger partial charge in [0.05, 0.1) is 0 Å². The summed E-state index contributed by atoms with van der Waals surface area (Å²) < 4.78 is 16.5. The fraction of sp³-hybridized carbons (Fsp3) is 0.600. The van der Waals surface area contributed by atoms with Gasteiger partial charge in [-0.05, 0) is 13.8 Å². The van der Waals surface area contributed by atoms with E-state index in [0.717, 1.165) is 4.48 Å². The molecule has 9 heavy (non-hydrogen) atoms. The third-order valence-electron chi connectivity index (χ3n) is 1.07. The van der Waals surface area contributed by atoms with Crippen LogP contribution in [0.25, 0.3) is 0 Å². The molecule has 0 saturated heterocycles. The number of halogens is 1. The van der Waals surface area contributed by atoms with Crippen molar-refractivity contribution < 1.29 is 8.39 Å². The maximum absolute atomic E-state index is 10.7. The third-order valence-corrected chi connectivity index (χ3v) is 3.56. The van der Waals surface area contributed by atoms with Crippen LogP contribution in [0.15, 0.2) is 9.89 Å². The highest BCUT2D eigenvalue weighted by atomic mass is 79.9. The van der Waals surface area contributed by atoms with Crippen LogP contribution in [0.2, 0.25) is 0 Å². The van der Waals surface area contributed by atoms with Gasteiger partial charge in [0.15, 0.2) is 11.1 Å². The Morgan fingerprint density at radius 3 is 2.44 bits per heavy atom. The molecule has 1 heterocycles. The summed E-state index contributed by atoms with van der Waals surface area (Å²) in [5.74, 6) is 0. The zero-order valence-corrected chi connectivity index (χ0v) is 7.58. The number of hydrogen-bond donors (Lipinski definition) is 0. The minimum Gasteiger partial charge on any atom is -0.276 e. The van der Waals surface area contributed by atoms with Gasteiger partial charge in [-0.3, -0.25) is 4.18 Å². The average molecular weight is 211 g/mol. The van der Waals surface area contributed by atoms with Gasteiger partial charge < -0.3 is 0 Å². The average Bonchev–Trinajstić information content (AvgIpc) is 1.79. The molecule has 4 heteroatoms. The second kappa shape index (κ2) is 2.18. The number of hydrogen-bond acceptors (Lipinski definition) is 2. The van der Waals surface area contributed by atoms with E-state index >= 15 is 0 Å². The predicted octanol–water partition coefficient (Wildman–Crippen LogP) is 1.70. The lowest BCUT2D eigenvalue weighted by Gasteiger charge is -2.14. The van der Waals surface area contributed by atoms with E-state index in [0.29, 0.717) is 0 Å². The van der Waals surface area contributed by atoms with Crippen LogP contribution in [0.3, 0.4) is 0 Å². The van der Waals surface area contributed by atoms with E-state index in [4.69, 9.17) is 4.18 Å². The summed E-state index contributed by atoms with van der Waals surface area (Å²) in [6.45, 7) is 3.72. The molecule has 0 bridgehead atoms. The van der Waals surface area contributed by atoms with E-state index in [1.165, 1.54) is 0 Å². The van der Waals surface area contributed by atoms with E-state index in [1.54, 1.807) is 5.41 Å². The van der Waals surface area contributed by atoms with Crippen LogP contribution in [-0.4, -0.2) is 9.81 Å². The van der Waals surface area contributed by atoms with Gasteiger partial charge in [-0.25, -0.2) is 4.21 Å². The smallest absolute Gasteiger partial charge is 0.183 e. The molecule has 1 aliphatic rings. The zero-order chi connectivity index (χ0) is 7.07. The highest BCUT2D eigenvalue weighted by molar-refractivity contribution is 9.11. The van der Waals surface area contributed by atoms with Crippen LogP contribution in [0.4, 0.5) is 0 Å². The molecule has 0 N–H and O–H groups in total.